The Labute approximate surface area is 246 Å². The van der Waals surface area contributed by atoms with E-state index in [-0.39, 0.29) is 5.91 Å². The Morgan fingerprint density at radius 2 is 1.66 bits per heavy atom. The van der Waals surface area contributed by atoms with Gasteiger partial charge in [0, 0.05) is 45.5 Å². The number of nitrogens with zero attached hydrogens (tertiary/aromatic N) is 2. The van der Waals surface area contributed by atoms with Crippen LogP contribution in [0.25, 0.3) is 10.9 Å². The molecule has 1 N–H and O–H groups in total. The molecule has 0 saturated carbocycles. The molecule has 1 aliphatic rings. The minimum atomic E-state index is -0.0561. The Balaban J connectivity index is 1.41. The first-order chi connectivity index (χ1) is 20.0. The van der Waals surface area contributed by atoms with Crippen LogP contribution in [0.4, 0.5) is 10.7 Å². The molecule has 0 spiro atoms. The maximum atomic E-state index is 13.8. The number of para-hydroxylation sites is 1. The van der Waals surface area contributed by atoms with Crippen LogP contribution in [0, 0.1) is 20.8 Å². The Morgan fingerprint density at radius 1 is 0.902 bits per heavy atom. The van der Waals surface area contributed by atoms with E-state index in [0.717, 1.165) is 53.2 Å². The van der Waals surface area contributed by atoms with Gasteiger partial charge in [-0.25, -0.2) is 4.99 Å². The molecule has 0 fully saturated rings. The molecule has 4 nitrogen and oxygen atoms in total. The number of carbonyl (C=O) groups excluding carboxylic acids is 1. The molecule has 2 heterocycles. The molecule has 0 bridgehead atoms. The van der Waals surface area contributed by atoms with Crippen LogP contribution in [0.15, 0.2) is 77.8 Å². The minimum absolute atomic E-state index is 0.0561. The molecule has 2 aromatic heterocycles. The third-order valence-corrected chi connectivity index (χ3v) is 9.37. The zero-order chi connectivity index (χ0) is 28.3. The highest BCUT2D eigenvalue weighted by Gasteiger charge is 2.24. The third kappa shape index (κ3) is 5.77. The van der Waals surface area contributed by atoms with Gasteiger partial charge in [0.15, 0.2) is 0 Å². The molecule has 5 heteroatoms. The fraction of sp³-hybridized carbons (Fsp3) is 0.278. The van der Waals surface area contributed by atoms with Gasteiger partial charge in [0.2, 0.25) is 0 Å². The number of aromatic nitrogens is 1. The first kappa shape index (κ1) is 27.2. The lowest BCUT2D eigenvalue weighted by molar-refractivity contribution is 0.102. The second-order valence-corrected chi connectivity index (χ2v) is 12.4. The number of amides is 1. The Bertz CT molecular complexity index is 1760. The largest absolute Gasteiger partial charge is 0.340 e. The van der Waals surface area contributed by atoms with Gasteiger partial charge in [-0.05, 0) is 81.3 Å². The van der Waals surface area contributed by atoms with Crippen molar-refractivity contribution in [3.8, 4) is 0 Å². The average molecular weight is 560 g/mol. The van der Waals surface area contributed by atoms with Crippen molar-refractivity contribution in [3.05, 3.63) is 117 Å². The van der Waals surface area contributed by atoms with Crippen LogP contribution < -0.4 is 5.32 Å². The SMILES string of the molecule is Cc1cccc(Cn2c(C)c(C=Nc3sc4c(c3C(=O)Nc3cccc(C)c3)CCCCCC4)c3ccccc32)c1. The highest BCUT2D eigenvalue weighted by molar-refractivity contribution is 7.16. The number of thiophene rings is 1. The number of fused-ring (bicyclic) bond motifs is 2. The summed E-state index contributed by atoms with van der Waals surface area (Å²) in [4.78, 5) is 20.2. The number of benzene rings is 3. The molecular formula is C36H37N3OS. The number of carbonyl (C=O) groups is 1. The Morgan fingerprint density at radius 3 is 2.46 bits per heavy atom. The minimum Gasteiger partial charge on any atom is -0.340 e. The molecular weight excluding hydrogens is 522 g/mol. The fourth-order valence-corrected chi connectivity index (χ4v) is 7.32. The van der Waals surface area contributed by atoms with Crippen LogP contribution in [0.5, 0.6) is 0 Å². The highest BCUT2D eigenvalue weighted by Crippen LogP contribution is 2.40. The molecule has 3 aromatic carbocycles. The van der Waals surface area contributed by atoms with Crippen molar-refractivity contribution in [1.82, 2.24) is 4.57 Å². The number of nitrogens with one attached hydrogen (secondary N) is 1. The molecule has 0 radical (unpaired) electrons. The van der Waals surface area contributed by atoms with Gasteiger partial charge in [-0.2, -0.15) is 0 Å². The predicted molar refractivity (Wildman–Crippen MR) is 174 cm³/mol. The smallest absolute Gasteiger partial charge is 0.259 e. The van der Waals surface area contributed by atoms with Crippen molar-refractivity contribution in [3.63, 3.8) is 0 Å². The highest BCUT2D eigenvalue weighted by atomic mass is 32.1. The molecule has 208 valence electrons. The molecule has 0 aliphatic heterocycles. The van der Waals surface area contributed by atoms with E-state index in [1.54, 1.807) is 11.3 Å². The maximum absolute atomic E-state index is 13.8. The lowest BCUT2D eigenvalue weighted by Crippen LogP contribution is -2.14. The summed E-state index contributed by atoms with van der Waals surface area (Å²) in [6, 6.07) is 25.3. The van der Waals surface area contributed by atoms with E-state index >= 15 is 0 Å². The van der Waals surface area contributed by atoms with E-state index in [1.165, 1.54) is 57.4 Å². The van der Waals surface area contributed by atoms with E-state index in [9.17, 15) is 4.79 Å². The topological polar surface area (TPSA) is 46.4 Å². The Hall–Kier alpha value is -3.96. The van der Waals surface area contributed by atoms with Crippen LogP contribution in [-0.4, -0.2) is 16.7 Å². The van der Waals surface area contributed by atoms with Gasteiger partial charge in [0.25, 0.3) is 5.91 Å². The first-order valence-corrected chi connectivity index (χ1v) is 15.5. The zero-order valence-corrected chi connectivity index (χ0v) is 25.0. The first-order valence-electron chi connectivity index (χ1n) is 14.7. The van der Waals surface area contributed by atoms with Crippen molar-refractivity contribution in [2.75, 3.05) is 5.32 Å². The Kier molecular flexibility index (Phi) is 7.89. The van der Waals surface area contributed by atoms with Gasteiger partial charge >= 0.3 is 0 Å². The molecule has 41 heavy (non-hydrogen) atoms. The van der Waals surface area contributed by atoms with Gasteiger partial charge in [0.1, 0.15) is 5.00 Å². The van der Waals surface area contributed by atoms with E-state index in [1.807, 2.05) is 37.4 Å². The van der Waals surface area contributed by atoms with Gasteiger partial charge in [-0.15, -0.1) is 11.3 Å². The molecule has 0 saturated heterocycles. The van der Waals surface area contributed by atoms with Gasteiger partial charge in [-0.1, -0.05) is 73.0 Å². The summed E-state index contributed by atoms with van der Waals surface area (Å²) in [6.45, 7) is 7.16. The van der Waals surface area contributed by atoms with Gasteiger partial charge < -0.3 is 9.88 Å². The monoisotopic (exact) mass is 559 g/mol. The summed E-state index contributed by atoms with van der Waals surface area (Å²) in [7, 11) is 0. The lowest BCUT2D eigenvalue weighted by atomic mass is 9.96. The summed E-state index contributed by atoms with van der Waals surface area (Å²) < 4.78 is 2.38. The van der Waals surface area contributed by atoms with E-state index in [0.29, 0.717) is 0 Å². The van der Waals surface area contributed by atoms with Crippen molar-refractivity contribution in [2.24, 2.45) is 4.99 Å². The summed E-state index contributed by atoms with van der Waals surface area (Å²) >= 11 is 1.70. The summed E-state index contributed by atoms with van der Waals surface area (Å²) in [6.07, 6.45) is 8.70. The van der Waals surface area contributed by atoms with E-state index in [2.05, 4.69) is 72.3 Å². The van der Waals surface area contributed by atoms with Crippen LogP contribution in [-0.2, 0) is 19.4 Å². The number of hydrogen-bond donors (Lipinski definition) is 1. The van der Waals surface area contributed by atoms with Crippen LogP contribution in [0.2, 0.25) is 0 Å². The predicted octanol–water partition coefficient (Wildman–Crippen LogP) is 9.34. The fourth-order valence-electron chi connectivity index (χ4n) is 6.09. The molecule has 6 rings (SSSR count). The van der Waals surface area contributed by atoms with Gasteiger partial charge in [0.05, 0.1) is 5.56 Å². The average Bonchev–Trinajstić information content (AvgIpc) is 3.41. The summed E-state index contributed by atoms with van der Waals surface area (Å²) in [5, 5.41) is 5.18. The molecule has 0 atom stereocenters. The van der Waals surface area contributed by atoms with E-state index < -0.39 is 0 Å². The normalized spacial score (nSPS) is 13.7. The summed E-state index contributed by atoms with van der Waals surface area (Å²) in [5.74, 6) is -0.0561. The van der Waals surface area contributed by atoms with Crippen molar-refractivity contribution < 1.29 is 4.79 Å². The van der Waals surface area contributed by atoms with Crippen LogP contribution in [0.1, 0.15) is 74.4 Å². The third-order valence-electron chi connectivity index (χ3n) is 8.17. The van der Waals surface area contributed by atoms with Crippen LogP contribution in [0.3, 0.4) is 0 Å². The quantitative estimate of drug-likeness (QED) is 0.207. The van der Waals surface area contributed by atoms with Crippen molar-refractivity contribution >= 4 is 45.0 Å². The van der Waals surface area contributed by atoms with Gasteiger partial charge in [-0.3, -0.25) is 4.79 Å². The summed E-state index contributed by atoms with van der Waals surface area (Å²) in [5.41, 5.74) is 9.94. The zero-order valence-electron chi connectivity index (χ0n) is 24.2. The number of anilines is 1. The van der Waals surface area contributed by atoms with Crippen LogP contribution >= 0.6 is 11.3 Å². The molecule has 5 aromatic rings. The number of rotatable bonds is 6. The van der Waals surface area contributed by atoms with Crippen molar-refractivity contribution in [2.45, 2.75) is 65.8 Å². The van der Waals surface area contributed by atoms with Crippen molar-refractivity contribution in [1.29, 1.82) is 0 Å². The van der Waals surface area contributed by atoms with E-state index in [4.69, 9.17) is 4.99 Å². The second-order valence-electron chi connectivity index (χ2n) is 11.3. The molecule has 1 amide bonds. The number of aliphatic imine (C=N–C) groups is 1. The maximum Gasteiger partial charge on any atom is 0.259 e. The molecule has 0 unspecified atom stereocenters. The number of aryl methyl sites for hydroxylation is 3. The standard InChI is InChI=1S/C36H37N3OS/c1-24-12-10-14-27(20-24)23-39-26(3)31(29-16-8-9-18-32(29)39)22-37-36-34(30-17-6-4-5-7-19-33(30)41-36)35(40)38-28-15-11-13-25(2)21-28/h8-16,18,20-22H,4-7,17,19,23H2,1-3H3,(H,38,40). The number of hydrogen-bond acceptors (Lipinski definition) is 3. The molecule has 1 aliphatic carbocycles. The second kappa shape index (κ2) is 11.9. The lowest BCUT2D eigenvalue weighted by Gasteiger charge is -2.12.